The van der Waals surface area contributed by atoms with Crippen molar-refractivity contribution in [3.63, 3.8) is 0 Å². The van der Waals surface area contributed by atoms with Crippen LogP contribution in [0.4, 0.5) is 0 Å². The average Bonchev–Trinajstić information content (AvgIpc) is 2.51. The molecule has 2 rings (SSSR count). The lowest BCUT2D eigenvalue weighted by molar-refractivity contribution is 0.452. The fourth-order valence-corrected chi connectivity index (χ4v) is 4.84. The van der Waals surface area contributed by atoms with Crippen molar-refractivity contribution < 1.29 is 5.11 Å². The van der Waals surface area contributed by atoms with Gasteiger partial charge in [-0.05, 0) is 36.7 Å². The Morgan fingerprint density at radius 2 is 1.86 bits per heavy atom. The molecule has 2 aromatic rings. The summed E-state index contributed by atoms with van der Waals surface area (Å²) in [6.07, 6.45) is 0.989. The highest BCUT2D eigenvalue weighted by Gasteiger charge is 2.29. The zero-order valence-corrected chi connectivity index (χ0v) is 15.7. The van der Waals surface area contributed by atoms with Gasteiger partial charge in [-0.1, -0.05) is 64.4 Å². The number of rotatable bonds is 5. The molecule has 1 N–H and O–H groups in total. The largest absolute Gasteiger partial charge is 0.507 e. The molecule has 0 aromatic heterocycles. The monoisotopic (exact) mass is 332 g/mol. The van der Waals surface area contributed by atoms with Gasteiger partial charge in [0.1, 0.15) is 5.75 Å². The first-order valence-corrected chi connectivity index (χ1v) is 9.32. The number of phenolic OH excluding ortho intramolecular Hbond substituents is 1. The molecule has 3 heteroatoms. The van der Waals surface area contributed by atoms with Crippen molar-refractivity contribution in [2.75, 3.05) is 0 Å². The molecule has 0 saturated heterocycles. The van der Waals surface area contributed by atoms with E-state index in [4.69, 9.17) is 0 Å². The van der Waals surface area contributed by atoms with Gasteiger partial charge in [0.15, 0.2) is 0 Å². The molecule has 0 amide bonds. The average molecular weight is 332 g/mol. The first kappa shape index (κ1) is 17.4. The summed E-state index contributed by atoms with van der Waals surface area (Å²) in [4.78, 5) is 0. The van der Waals surface area contributed by atoms with Gasteiger partial charge >= 0.3 is 0 Å². The maximum absolute atomic E-state index is 10.6. The van der Waals surface area contributed by atoms with Gasteiger partial charge in [-0.25, -0.2) is 0 Å². The molecule has 2 unspecified atom stereocenters. The Kier molecular flexibility index (Phi) is 5.58. The van der Waals surface area contributed by atoms with E-state index < -0.39 is 0 Å². The molecule has 2 atom stereocenters. The highest BCUT2D eigenvalue weighted by atomic mass is 32.1. The maximum atomic E-state index is 10.6. The number of phenols is 1. The van der Waals surface area contributed by atoms with Gasteiger partial charge in [0.2, 0.25) is 0 Å². The summed E-state index contributed by atoms with van der Waals surface area (Å²) >= 11 is 4.45. The van der Waals surface area contributed by atoms with Crippen LogP contribution in [-0.4, -0.2) is 5.11 Å². The predicted molar refractivity (Wildman–Crippen MR) is 102 cm³/mol. The molecule has 0 bridgehead atoms. The molecule has 0 fully saturated rings. The minimum atomic E-state index is -0.0556. The van der Waals surface area contributed by atoms with Crippen LogP contribution >= 0.6 is 21.2 Å². The smallest absolute Gasteiger partial charge is 0.122 e. The molecule has 0 radical (unpaired) electrons. The molecule has 0 aliphatic heterocycles. The van der Waals surface area contributed by atoms with E-state index in [-0.39, 0.29) is 5.16 Å². The molecule has 118 valence electrons. The number of thiol groups is 1. The van der Waals surface area contributed by atoms with Crippen molar-refractivity contribution in [3.8, 4) is 5.75 Å². The van der Waals surface area contributed by atoms with Crippen LogP contribution in [0.5, 0.6) is 5.75 Å². The molecule has 0 aliphatic carbocycles. The number of hydrogen-bond acceptors (Lipinski definition) is 2. The summed E-state index contributed by atoms with van der Waals surface area (Å²) < 4.78 is 0. The molecule has 1 nitrogen and oxygen atoms in total. The number of aryl methyl sites for hydroxylation is 2. The van der Waals surface area contributed by atoms with Crippen molar-refractivity contribution in [2.24, 2.45) is 0 Å². The van der Waals surface area contributed by atoms with E-state index in [1.54, 1.807) is 0 Å². The molecular formula is C19H25OPS. The summed E-state index contributed by atoms with van der Waals surface area (Å²) in [7, 11) is 0.612. The Morgan fingerprint density at radius 1 is 1.18 bits per heavy atom. The summed E-state index contributed by atoms with van der Waals surface area (Å²) in [5.41, 5.74) is 4.52. The van der Waals surface area contributed by atoms with E-state index in [1.165, 1.54) is 16.4 Å². The van der Waals surface area contributed by atoms with Crippen molar-refractivity contribution in [1.82, 2.24) is 0 Å². The normalized spacial score (nSPS) is 14.4. The third kappa shape index (κ3) is 3.50. The summed E-state index contributed by atoms with van der Waals surface area (Å²) in [5.74, 6) is 1.20. The number of benzene rings is 2. The highest BCUT2D eigenvalue weighted by Crippen LogP contribution is 2.48. The predicted octanol–water partition coefficient (Wildman–Crippen LogP) is 5.07. The Bertz CT molecular complexity index is 668. The Hall–Kier alpha value is -0.980. The lowest BCUT2D eigenvalue weighted by atomic mass is 9.93. The zero-order chi connectivity index (χ0) is 16.3. The second-order valence-corrected chi connectivity index (χ2v) is 8.31. The van der Waals surface area contributed by atoms with Crippen LogP contribution in [0.3, 0.4) is 0 Å². The lowest BCUT2D eigenvalue weighted by Crippen LogP contribution is -2.20. The lowest BCUT2D eigenvalue weighted by Gasteiger charge is -2.31. The molecule has 22 heavy (non-hydrogen) atoms. The van der Waals surface area contributed by atoms with Gasteiger partial charge in [0, 0.05) is 16.5 Å². The highest BCUT2D eigenvalue weighted by molar-refractivity contribution is 7.79. The Balaban J connectivity index is 2.49. The third-order valence-electron chi connectivity index (χ3n) is 4.34. The zero-order valence-electron chi connectivity index (χ0n) is 13.8. The van der Waals surface area contributed by atoms with Crippen LogP contribution in [0.1, 0.15) is 42.5 Å². The minimum Gasteiger partial charge on any atom is -0.507 e. The van der Waals surface area contributed by atoms with Crippen LogP contribution in [0.15, 0.2) is 36.4 Å². The van der Waals surface area contributed by atoms with Crippen molar-refractivity contribution in [2.45, 2.75) is 45.0 Å². The first-order chi connectivity index (χ1) is 10.4. The quantitative estimate of drug-likeness (QED) is 0.579. The molecule has 0 heterocycles. The van der Waals surface area contributed by atoms with E-state index in [0.29, 0.717) is 14.3 Å². The third-order valence-corrected chi connectivity index (χ3v) is 6.62. The van der Waals surface area contributed by atoms with Crippen molar-refractivity contribution in [3.05, 3.63) is 58.7 Å². The fraction of sp³-hybridized carbons (Fsp3) is 0.368. The van der Waals surface area contributed by atoms with E-state index in [9.17, 15) is 5.11 Å². The van der Waals surface area contributed by atoms with Gasteiger partial charge in [-0.3, -0.25) is 0 Å². The van der Waals surface area contributed by atoms with Crippen LogP contribution in [0, 0.1) is 13.8 Å². The molecule has 0 spiro atoms. The van der Waals surface area contributed by atoms with Crippen molar-refractivity contribution >= 4 is 26.5 Å². The number of aromatic hydroxyl groups is 1. The Morgan fingerprint density at radius 3 is 2.50 bits per heavy atom. The van der Waals surface area contributed by atoms with Gasteiger partial charge in [0.05, 0.1) is 0 Å². The van der Waals surface area contributed by atoms with Gasteiger partial charge < -0.3 is 5.11 Å². The van der Waals surface area contributed by atoms with E-state index in [1.807, 2.05) is 13.0 Å². The van der Waals surface area contributed by atoms with Gasteiger partial charge in [0.25, 0.3) is 0 Å². The van der Waals surface area contributed by atoms with Gasteiger partial charge in [-0.15, -0.1) is 0 Å². The second-order valence-electron chi connectivity index (χ2n) is 6.10. The summed E-state index contributed by atoms with van der Waals surface area (Å²) in [5, 5.41) is 11.9. The molecule has 2 aromatic carbocycles. The van der Waals surface area contributed by atoms with E-state index in [0.717, 1.165) is 23.3 Å². The van der Waals surface area contributed by atoms with Gasteiger partial charge in [-0.2, -0.15) is 12.6 Å². The minimum absolute atomic E-state index is 0.0556. The summed E-state index contributed by atoms with van der Waals surface area (Å²) in [6, 6.07) is 12.7. The van der Waals surface area contributed by atoms with E-state index in [2.05, 4.69) is 63.7 Å². The second kappa shape index (κ2) is 7.06. The Labute approximate surface area is 141 Å². The topological polar surface area (TPSA) is 20.2 Å². The summed E-state index contributed by atoms with van der Waals surface area (Å²) in [6.45, 7) is 8.53. The van der Waals surface area contributed by atoms with Crippen LogP contribution in [0.25, 0.3) is 0 Å². The van der Waals surface area contributed by atoms with E-state index >= 15 is 0 Å². The van der Waals surface area contributed by atoms with Crippen LogP contribution in [-0.2, 0) is 10.9 Å². The fourth-order valence-electron chi connectivity index (χ4n) is 2.80. The standard InChI is InChI=1S/C19H25OPS/c1-5-19(4,16-11-13(2)10-14(3)18(16)20)21-17-9-7-6-8-15(17)12-22/h6-11,20-22H,5,12H2,1-4H3. The van der Waals surface area contributed by atoms with Crippen molar-refractivity contribution in [1.29, 1.82) is 0 Å². The molecule has 0 saturated carbocycles. The van der Waals surface area contributed by atoms with Crippen LogP contribution < -0.4 is 5.30 Å². The maximum Gasteiger partial charge on any atom is 0.122 e. The van der Waals surface area contributed by atoms with Crippen LogP contribution in [0.2, 0.25) is 0 Å². The first-order valence-electron chi connectivity index (χ1n) is 7.69. The number of hydrogen-bond donors (Lipinski definition) is 2. The SMILES string of the molecule is CCC(C)(Pc1ccccc1CS)c1cc(C)cc(C)c1O. The molecule has 0 aliphatic rings. The molecular weight excluding hydrogens is 307 g/mol.